The lowest BCUT2D eigenvalue weighted by Gasteiger charge is -2.27. The Morgan fingerprint density at radius 1 is 0.848 bits per heavy atom. The Kier molecular flexibility index (Phi) is 8.30. The highest BCUT2D eigenvalue weighted by atomic mass is 16.5. The van der Waals surface area contributed by atoms with Crippen LogP contribution < -0.4 is 9.47 Å². The molecule has 1 aliphatic rings. The molecular weight excluding hydrogens is 414 g/mol. The first-order valence-electron chi connectivity index (χ1n) is 11.6. The van der Waals surface area contributed by atoms with Crippen LogP contribution in [0.15, 0.2) is 77.9 Å². The summed E-state index contributed by atoms with van der Waals surface area (Å²) in [6, 6.07) is 21.8. The van der Waals surface area contributed by atoms with Crippen LogP contribution in [0.3, 0.4) is 0 Å². The predicted molar refractivity (Wildman–Crippen MR) is 130 cm³/mol. The van der Waals surface area contributed by atoms with Gasteiger partial charge in [-0.15, -0.1) is 0 Å². The zero-order chi connectivity index (χ0) is 22.7. The number of nitrogens with zero attached hydrogens (tertiary/aromatic N) is 3. The molecule has 0 unspecified atom stereocenters. The first-order chi connectivity index (χ1) is 16.3. The molecule has 0 radical (unpaired) electrons. The molecule has 0 saturated heterocycles. The first kappa shape index (κ1) is 22.8. The summed E-state index contributed by atoms with van der Waals surface area (Å²) in [6.45, 7) is 2.48. The van der Waals surface area contributed by atoms with Crippen LogP contribution in [0.4, 0.5) is 0 Å². The zero-order valence-corrected chi connectivity index (χ0v) is 18.9. The number of aliphatic hydroxyl groups excluding tert-OH is 1. The molecule has 1 aromatic heterocycles. The lowest BCUT2D eigenvalue weighted by Crippen LogP contribution is -2.34. The summed E-state index contributed by atoms with van der Waals surface area (Å²) in [6.07, 6.45) is 5.89. The number of hydrogen-bond donors (Lipinski definition) is 1. The Balaban J connectivity index is 1.74. The van der Waals surface area contributed by atoms with E-state index >= 15 is 0 Å². The zero-order valence-electron chi connectivity index (χ0n) is 18.9. The Hall–Kier alpha value is -3.38. The standard InChI is InChI=1S/C27H31N3O3/c31-19-18-30(21-22-11-4-3-5-12-22)26-23-13-10-17-29-27(23)33-25-15-7-6-14-24(25)32-20-9-2-1-8-16-28-26/h3-7,10-15,17,31H,1-2,8-9,16,18-21H2. The normalized spacial score (nSPS) is 14.5. The number of fused-ring (bicyclic) bond motifs is 2. The third-order valence-electron chi connectivity index (χ3n) is 5.53. The van der Waals surface area contributed by atoms with Crippen LogP contribution in [0.1, 0.15) is 36.8 Å². The molecule has 0 bridgehead atoms. The number of aromatic nitrogens is 1. The van der Waals surface area contributed by atoms with Gasteiger partial charge in [-0.3, -0.25) is 4.99 Å². The van der Waals surface area contributed by atoms with Crippen molar-refractivity contribution < 1.29 is 14.6 Å². The molecular formula is C27H31N3O3. The number of ether oxygens (including phenoxy) is 2. The predicted octanol–water partition coefficient (Wildman–Crippen LogP) is 5.07. The van der Waals surface area contributed by atoms with E-state index in [-0.39, 0.29) is 6.61 Å². The number of amidine groups is 1. The first-order valence-corrected chi connectivity index (χ1v) is 11.6. The maximum absolute atomic E-state index is 9.84. The van der Waals surface area contributed by atoms with Gasteiger partial charge in [0, 0.05) is 25.8 Å². The second-order valence-corrected chi connectivity index (χ2v) is 8.00. The van der Waals surface area contributed by atoms with Gasteiger partial charge in [0.1, 0.15) is 5.84 Å². The van der Waals surface area contributed by atoms with Crippen LogP contribution in [0.2, 0.25) is 0 Å². The molecule has 0 atom stereocenters. The highest BCUT2D eigenvalue weighted by Gasteiger charge is 2.20. The number of aliphatic hydroxyl groups is 1. The van der Waals surface area contributed by atoms with Gasteiger partial charge in [-0.05, 0) is 49.1 Å². The number of hydrogen-bond acceptors (Lipinski definition) is 6. The van der Waals surface area contributed by atoms with Crippen molar-refractivity contribution in [3.05, 3.63) is 84.1 Å². The number of para-hydroxylation sites is 2. The average molecular weight is 446 g/mol. The molecule has 6 nitrogen and oxygen atoms in total. The van der Waals surface area contributed by atoms with Crippen molar-refractivity contribution in [3.8, 4) is 17.4 Å². The summed E-state index contributed by atoms with van der Waals surface area (Å²) in [7, 11) is 0. The quantitative estimate of drug-likeness (QED) is 0.607. The van der Waals surface area contributed by atoms with Crippen molar-refractivity contribution in [1.82, 2.24) is 9.88 Å². The Morgan fingerprint density at radius 2 is 1.64 bits per heavy atom. The molecule has 2 aromatic carbocycles. The van der Waals surface area contributed by atoms with Gasteiger partial charge in [0.05, 0.1) is 18.8 Å². The Morgan fingerprint density at radius 3 is 2.48 bits per heavy atom. The van der Waals surface area contributed by atoms with Crippen LogP contribution in [-0.2, 0) is 6.54 Å². The molecule has 0 saturated carbocycles. The topological polar surface area (TPSA) is 67.2 Å². The fraction of sp³-hybridized carbons (Fsp3) is 0.333. The molecule has 33 heavy (non-hydrogen) atoms. The molecule has 0 amide bonds. The average Bonchev–Trinajstić information content (AvgIpc) is 2.85. The van der Waals surface area contributed by atoms with E-state index in [9.17, 15) is 5.11 Å². The van der Waals surface area contributed by atoms with Crippen molar-refractivity contribution in [2.75, 3.05) is 26.3 Å². The van der Waals surface area contributed by atoms with Gasteiger partial charge in [-0.25, -0.2) is 4.98 Å². The molecule has 4 rings (SSSR count). The second-order valence-electron chi connectivity index (χ2n) is 8.00. The van der Waals surface area contributed by atoms with Gasteiger partial charge in [-0.2, -0.15) is 0 Å². The van der Waals surface area contributed by atoms with E-state index in [1.807, 2.05) is 54.6 Å². The minimum atomic E-state index is 0.0268. The SMILES string of the molecule is OCCN(Cc1ccccc1)C1=NCCCCCCOc2ccccc2Oc2ncccc21. The summed E-state index contributed by atoms with van der Waals surface area (Å²) in [5.74, 6) is 2.60. The number of pyridine rings is 1. The number of benzene rings is 2. The highest BCUT2D eigenvalue weighted by molar-refractivity contribution is 6.00. The van der Waals surface area contributed by atoms with E-state index in [0.29, 0.717) is 43.6 Å². The van der Waals surface area contributed by atoms with Crippen molar-refractivity contribution in [2.24, 2.45) is 4.99 Å². The Bertz CT molecular complexity index is 1040. The third kappa shape index (κ3) is 6.33. The molecule has 2 heterocycles. The maximum Gasteiger partial charge on any atom is 0.230 e. The minimum absolute atomic E-state index is 0.0268. The summed E-state index contributed by atoms with van der Waals surface area (Å²) in [5, 5.41) is 9.84. The van der Waals surface area contributed by atoms with Crippen LogP contribution >= 0.6 is 0 Å². The molecule has 1 aliphatic heterocycles. The van der Waals surface area contributed by atoms with Crippen LogP contribution in [0.25, 0.3) is 0 Å². The van der Waals surface area contributed by atoms with Crippen LogP contribution in [0, 0.1) is 0 Å². The fourth-order valence-corrected chi connectivity index (χ4v) is 3.87. The third-order valence-corrected chi connectivity index (χ3v) is 5.53. The van der Waals surface area contributed by atoms with Gasteiger partial charge in [0.2, 0.25) is 5.88 Å². The van der Waals surface area contributed by atoms with Gasteiger partial charge >= 0.3 is 0 Å². The van der Waals surface area contributed by atoms with E-state index in [4.69, 9.17) is 14.5 Å². The lowest BCUT2D eigenvalue weighted by molar-refractivity contribution is 0.246. The number of rotatable bonds is 4. The number of aliphatic imine (C=N–C) groups is 1. The summed E-state index contributed by atoms with van der Waals surface area (Å²) in [4.78, 5) is 11.6. The van der Waals surface area contributed by atoms with E-state index in [0.717, 1.165) is 42.6 Å². The summed E-state index contributed by atoms with van der Waals surface area (Å²) in [5.41, 5.74) is 1.95. The lowest BCUT2D eigenvalue weighted by atomic mass is 10.1. The highest BCUT2D eigenvalue weighted by Crippen LogP contribution is 2.33. The summed E-state index contributed by atoms with van der Waals surface area (Å²) >= 11 is 0. The fourth-order valence-electron chi connectivity index (χ4n) is 3.87. The van der Waals surface area contributed by atoms with E-state index in [1.165, 1.54) is 0 Å². The minimum Gasteiger partial charge on any atom is -0.490 e. The van der Waals surface area contributed by atoms with E-state index < -0.39 is 0 Å². The van der Waals surface area contributed by atoms with Crippen molar-refractivity contribution in [1.29, 1.82) is 0 Å². The second kappa shape index (κ2) is 12.0. The molecule has 0 aliphatic carbocycles. The van der Waals surface area contributed by atoms with Gasteiger partial charge in [0.25, 0.3) is 0 Å². The van der Waals surface area contributed by atoms with Crippen molar-refractivity contribution >= 4 is 5.84 Å². The van der Waals surface area contributed by atoms with Gasteiger partial charge in [-0.1, -0.05) is 48.9 Å². The largest absolute Gasteiger partial charge is 0.490 e. The van der Waals surface area contributed by atoms with Crippen molar-refractivity contribution in [2.45, 2.75) is 32.2 Å². The van der Waals surface area contributed by atoms with Crippen molar-refractivity contribution in [3.63, 3.8) is 0 Å². The van der Waals surface area contributed by atoms with Gasteiger partial charge in [0.15, 0.2) is 11.5 Å². The van der Waals surface area contributed by atoms with Crippen LogP contribution in [-0.4, -0.2) is 47.1 Å². The van der Waals surface area contributed by atoms with Crippen LogP contribution in [0.5, 0.6) is 17.4 Å². The molecule has 6 heteroatoms. The monoisotopic (exact) mass is 445 g/mol. The molecule has 0 fully saturated rings. The molecule has 0 spiro atoms. The van der Waals surface area contributed by atoms with E-state index in [2.05, 4.69) is 22.0 Å². The molecule has 1 N–H and O–H groups in total. The Labute approximate surface area is 195 Å². The van der Waals surface area contributed by atoms with Gasteiger partial charge < -0.3 is 19.5 Å². The molecule has 3 aromatic rings. The summed E-state index contributed by atoms with van der Waals surface area (Å²) < 4.78 is 12.3. The maximum atomic E-state index is 9.84. The smallest absolute Gasteiger partial charge is 0.230 e. The van der Waals surface area contributed by atoms with E-state index in [1.54, 1.807) is 6.20 Å². The molecule has 172 valence electrons.